The van der Waals surface area contributed by atoms with Crippen molar-refractivity contribution in [3.63, 3.8) is 0 Å². The van der Waals surface area contributed by atoms with Crippen molar-refractivity contribution in [2.45, 2.75) is 6.04 Å². The summed E-state index contributed by atoms with van der Waals surface area (Å²) in [5, 5.41) is 16.8. The first-order valence-corrected chi connectivity index (χ1v) is 6.10. The molecule has 1 heterocycles. The molecule has 1 aromatic carbocycles. The van der Waals surface area contributed by atoms with E-state index in [1.807, 2.05) is 37.5 Å². The number of hydrogen-bond acceptors (Lipinski definition) is 3. The quantitative estimate of drug-likeness (QED) is 0.910. The standard InChI is InChI=1S/C12H14BrN3O/c1-16-7-9(6-14-16)12(8-17)15-11-4-2-10(13)3-5-11/h2-7,12,15,17H,8H2,1H3. The summed E-state index contributed by atoms with van der Waals surface area (Å²) in [5.41, 5.74) is 1.94. The van der Waals surface area contributed by atoms with Crippen molar-refractivity contribution < 1.29 is 5.11 Å². The molecule has 4 nitrogen and oxygen atoms in total. The monoisotopic (exact) mass is 295 g/mol. The lowest BCUT2D eigenvalue weighted by atomic mass is 10.1. The van der Waals surface area contributed by atoms with Gasteiger partial charge in [0.2, 0.25) is 0 Å². The number of aromatic nitrogens is 2. The van der Waals surface area contributed by atoms with E-state index in [1.54, 1.807) is 10.9 Å². The van der Waals surface area contributed by atoms with E-state index in [9.17, 15) is 5.11 Å². The van der Waals surface area contributed by atoms with Crippen molar-refractivity contribution in [2.24, 2.45) is 7.05 Å². The van der Waals surface area contributed by atoms with Crippen LogP contribution in [-0.4, -0.2) is 21.5 Å². The van der Waals surface area contributed by atoms with E-state index in [0.717, 1.165) is 15.7 Å². The molecular weight excluding hydrogens is 282 g/mol. The highest BCUT2D eigenvalue weighted by atomic mass is 79.9. The zero-order valence-electron chi connectivity index (χ0n) is 9.47. The van der Waals surface area contributed by atoms with Crippen LogP contribution in [0, 0.1) is 0 Å². The highest BCUT2D eigenvalue weighted by Gasteiger charge is 2.11. The van der Waals surface area contributed by atoms with E-state index in [1.165, 1.54) is 0 Å². The van der Waals surface area contributed by atoms with Crippen molar-refractivity contribution >= 4 is 21.6 Å². The molecule has 2 rings (SSSR count). The molecule has 0 aliphatic rings. The Kier molecular flexibility index (Phi) is 3.81. The number of rotatable bonds is 4. The molecule has 0 spiro atoms. The third-order valence-electron chi connectivity index (χ3n) is 2.49. The Hall–Kier alpha value is -1.33. The minimum atomic E-state index is -0.134. The van der Waals surface area contributed by atoms with Crippen LogP contribution in [0.5, 0.6) is 0 Å². The van der Waals surface area contributed by atoms with Gasteiger partial charge in [0.25, 0.3) is 0 Å². The zero-order chi connectivity index (χ0) is 12.3. The van der Waals surface area contributed by atoms with Crippen LogP contribution in [0.3, 0.4) is 0 Å². The Balaban J connectivity index is 2.12. The van der Waals surface area contributed by atoms with Crippen LogP contribution in [-0.2, 0) is 7.05 Å². The zero-order valence-corrected chi connectivity index (χ0v) is 11.1. The van der Waals surface area contributed by atoms with Gasteiger partial charge in [-0.05, 0) is 24.3 Å². The van der Waals surface area contributed by atoms with Crippen LogP contribution in [0.4, 0.5) is 5.69 Å². The number of aliphatic hydroxyl groups excluding tert-OH is 1. The van der Waals surface area contributed by atoms with Crippen LogP contribution in [0.1, 0.15) is 11.6 Å². The van der Waals surface area contributed by atoms with Gasteiger partial charge in [0.1, 0.15) is 0 Å². The maximum Gasteiger partial charge on any atom is 0.0775 e. The Labute approximate surface area is 108 Å². The first kappa shape index (κ1) is 12.1. The van der Waals surface area contributed by atoms with E-state index in [4.69, 9.17) is 0 Å². The average molecular weight is 296 g/mol. The van der Waals surface area contributed by atoms with Gasteiger partial charge in [-0.15, -0.1) is 0 Å². The van der Waals surface area contributed by atoms with E-state index in [-0.39, 0.29) is 12.6 Å². The Bertz CT molecular complexity index is 481. The summed E-state index contributed by atoms with van der Waals surface area (Å²) in [4.78, 5) is 0. The fourth-order valence-corrected chi connectivity index (χ4v) is 1.87. The molecule has 17 heavy (non-hydrogen) atoms. The van der Waals surface area contributed by atoms with Gasteiger partial charge in [0, 0.05) is 29.0 Å². The molecule has 0 fully saturated rings. The van der Waals surface area contributed by atoms with Crippen LogP contribution < -0.4 is 5.32 Å². The predicted octanol–water partition coefficient (Wildman–Crippen LogP) is 2.33. The minimum Gasteiger partial charge on any atom is -0.394 e. The third-order valence-corrected chi connectivity index (χ3v) is 3.02. The summed E-state index contributed by atoms with van der Waals surface area (Å²) in [5.74, 6) is 0. The van der Waals surface area contributed by atoms with Crippen LogP contribution in [0.15, 0.2) is 41.1 Å². The Morgan fingerprint density at radius 2 is 2.12 bits per heavy atom. The number of anilines is 1. The molecular formula is C12H14BrN3O. The van der Waals surface area contributed by atoms with Gasteiger partial charge < -0.3 is 10.4 Å². The molecule has 0 radical (unpaired) electrons. The second kappa shape index (κ2) is 5.33. The van der Waals surface area contributed by atoms with E-state index in [0.29, 0.717) is 0 Å². The molecule has 0 bridgehead atoms. The number of halogens is 1. The van der Waals surface area contributed by atoms with Crippen LogP contribution in [0.2, 0.25) is 0 Å². The van der Waals surface area contributed by atoms with E-state index in [2.05, 4.69) is 26.3 Å². The van der Waals surface area contributed by atoms with Gasteiger partial charge in [-0.3, -0.25) is 4.68 Å². The molecule has 2 aromatic rings. The number of hydrogen-bond donors (Lipinski definition) is 2. The van der Waals surface area contributed by atoms with Crippen LogP contribution in [0.25, 0.3) is 0 Å². The number of benzene rings is 1. The lowest BCUT2D eigenvalue weighted by molar-refractivity contribution is 0.276. The second-order valence-corrected chi connectivity index (χ2v) is 4.75. The summed E-state index contributed by atoms with van der Waals surface area (Å²) in [7, 11) is 1.86. The minimum absolute atomic E-state index is 0.0295. The van der Waals surface area contributed by atoms with Gasteiger partial charge in [0.05, 0.1) is 18.8 Å². The normalized spacial score (nSPS) is 12.4. The maximum atomic E-state index is 9.40. The number of aryl methyl sites for hydroxylation is 1. The molecule has 0 aliphatic carbocycles. The lowest BCUT2D eigenvalue weighted by Crippen LogP contribution is -2.14. The predicted molar refractivity (Wildman–Crippen MR) is 70.8 cm³/mol. The molecule has 0 amide bonds. The number of nitrogens with zero attached hydrogens (tertiary/aromatic N) is 2. The molecule has 1 atom stereocenters. The summed E-state index contributed by atoms with van der Waals surface area (Å²) in [6.45, 7) is 0.0295. The highest BCUT2D eigenvalue weighted by molar-refractivity contribution is 9.10. The number of aliphatic hydroxyl groups is 1. The third kappa shape index (κ3) is 3.08. The van der Waals surface area contributed by atoms with E-state index < -0.39 is 0 Å². The fourth-order valence-electron chi connectivity index (χ4n) is 1.60. The summed E-state index contributed by atoms with van der Waals surface area (Å²) in [6, 6.07) is 7.71. The van der Waals surface area contributed by atoms with Crippen molar-refractivity contribution in [1.82, 2.24) is 9.78 Å². The lowest BCUT2D eigenvalue weighted by Gasteiger charge is -2.16. The Morgan fingerprint density at radius 1 is 1.41 bits per heavy atom. The molecule has 2 N–H and O–H groups in total. The van der Waals surface area contributed by atoms with E-state index >= 15 is 0 Å². The maximum absolute atomic E-state index is 9.40. The molecule has 0 saturated heterocycles. The first-order chi connectivity index (χ1) is 8.19. The second-order valence-electron chi connectivity index (χ2n) is 3.83. The summed E-state index contributed by atoms with van der Waals surface area (Å²) in [6.07, 6.45) is 3.65. The topological polar surface area (TPSA) is 50.1 Å². The summed E-state index contributed by atoms with van der Waals surface area (Å²) >= 11 is 3.39. The smallest absolute Gasteiger partial charge is 0.0775 e. The highest BCUT2D eigenvalue weighted by Crippen LogP contribution is 2.20. The van der Waals surface area contributed by atoms with Crippen molar-refractivity contribution in [3.8, 4) is 0 Å². The molecule has 0 saturated carbocycles. The van der Waals surface area contributed by atoms with Gasteiger partial charge in [-0.25, -0.2) is 0 Å². The van der Waals surface area contributed by atoms with Gasteiger partial charge >= 0.3 is 0 Å². The van der Waals surface area contributed by atoms with Crippen molar-refractivity contribution in [2.75, 3.05) is 11.9 Å². The van der Waals surface area contributed by atoms with Crippen LogP contribution >= 0.6 is 15.9 Å². The first-order valence-electron chi connectivity index (χ1n) is 5.30. The molecule has 1 unspecified atom stereocenters. The van der Waals surface area contributed by atoms with Gasteiger partial charge in [-0.1, -0.05) is 15.9 Å². The van der Waals surface area contributed by atoms with Gasteiger partial charge in [0.15, 0.2) is 0 Å². The molecule has 90 valence electrons. The number of nitrogens with one attached hydrogen (secondary N) is 1. The SMILES string of the molecule is Cn1cc(C(CO)Nc2ccc(Br)cc2)cn1. The fraction of sp³-hybridized carbons (Fsp3) is 0.250. The molecule has 0 aliphatic heterocycles. The molecule has 1 aromatic heterocycles. The molecule has 5 heteroatoms. The largest absolute Gasteiger partial charge is 0.394 e. The van der Waals surface area contributed by atoms with Crippen molar-refractivity contribution in [3.05, 3.63) is 46.7 Å². The average Bonchev–Trinajstić information content (AvgIpc) is 2.75. The Morgan fingerprint density at radius 3 is 2.65 bits per heavy atom. The summed E-state index contributed by atoms with van der Waals surface area (Å²) < 4.78 is 2.76. The van der Waals surface area contributed by atoms with Crippen molar-refractivity contribution in [1.29, 1.82) is 0 Å². The van der Waals surface area contributed by atoms with Gasteiger partial charge in [-0.2, -0.15) is 5.10 Å².